The molecule has 0 aliphatic carbocycles. The average molecular weight is 721 g/mol. The summed E-state index contributed by atoms with van der Waals surface area (Å²) in [6.07, 6.45) is -8.63. The molecule has 3 rings (SSSR count). The van der Waals surface area contributed by atoms with Crippen LogP contribution < -0.4 is 14.4 Å². The maximum absolute atomic E-state index is 14.2. The molecule has 1 aliphatic heterocycles. The van der Waals surface area contributed by atoms with Gasteiger partial charge in [-0.25, -0.2) is 17.6 Å². The van der Waals surface area contributed by atoms with Gasteiger partial charge in [0.2, 0.25) is 0 Å². The van der Waals surface area contributed by atoms with Gasteiger partial charge in [-0.05, 0) is 77.9 Å². The van der Waals surface area contributed by atoms with Crippen molar-refractivity contribution in [1.82, 2.24) is 0 Å². The lowest BCUT2D eigenvalue weighted by molar-refractivity contribution is -0.186. The lowest BCUT2D eigenvalue weighted by atomic mass is 9.81. The second-order valence-electron chi connectivity index (χ2n) is 11.5. The normalized spacial score (nSPS) is 15.0. The van der Waals surface area contributed by atoms with E-state index in [1.807, 2.05) is 0 Å². The molecule has 13 nitrogen and oxygen atoms in total. The molecule has 270 valence electrons. The Kier molecular flexibility index (Phi) is 11.8. The fraction of sp³-hybridized carbons (Fsp3) is 0.484. The highest BCUT2D eigenvalue weighted by molar-refractivity contribution is 7.92. The van der Waals surface area contributed by atoms with Gasteiger partial charge in [0.1, 0.15) is 23.3 Å². The molecule has 1 unspecified atom stereocenters. The van der Waals surface area contributed by atoms with Crippen molar-refractivity contribution >= 4 is 45.4 Å². The molecule has 0 aromatic heterocycles. The molecule has 1 amide bonds. The molecule has 0 bridgehead atoms. The predicted molar refractivity (Wildman–Crippen MR) is 164 cm³/mol. The SMILES string of the molecule is CCOC(=O)C(CC1CN(S(=O)(=O)c2ccc(F)c(C(F)(F)F)c2)c2cc(NC(=O)OC(C)(C)C)ccc2O1)(C(=O)OCC)C(=O)OCC. The number of carbonyl (C=O) groups is 4. The van der Waals surface area contributed by atoms with Crippen molar-refractivity contribution < 1.29 is 68.8 Å². The molecule has 0 spiro atoms. The van der Waals surface area contributed by atoms with Crippen LogP contribution in [0.2, 0.25) is 0 Å². The van der Waals surface area contributed by atoms with Gasteiger partial charge in [0, 0.05) is 12.1 Å². The minimum Gasteiger partial charge on any atom is -0.486 e. The van der Waals surface area contributed by atoms with Gasteiger partial charge >= 0.3 is 30.2 Å². The summed E-state index contributed by atoms with van der Waals surface area (Å²) in [7, 11) is -5.03. The van der Waals surface area contributed by atoms with E-state index in [0.29, 0.717) is 16.4 Å². The summed E-state index contributed by atoms with van der Waals surface area (Å²) in [4.78, 5) is 51.4. The zero-order chi connectivity index (χ0) is 36.9. The van der Waals surface area contributed by atoms with Crippen molar-refractivity contribution in [3.05, 3.63) is 47.8 Å². The van der Waals surface area contributed by atoms with Crippen LogP contribution >= 0.6 is 0 Å². The highest BCUT2D eigenvalue weighted by Crippen LogP contribution is 2.43. The van der Waals surface area contributed by atoms with Gasteiger partial charge in [-0.2, -0.15) is 13.2 Å². The molecule has 18 heteroatoms. The summed E-state index contributed by atoms with van der Waals surface area (Å²) in [5.74, 6) is -6.10. The van der Waals surface area contributed by atoms with Gasteiger partial charge in [0.05, 0.1) is 42.5 Å². The van der Waals surface area contributed by atoms with Crippen LogP contribution in [0.3, 0.4) is 0 Å². The zero-order valence-electron chi connectivity index (χ0n) is 27.4. The molecular weight excluding hydrogens is 684 g/mol. The van der Waals surface area contributed by atoms with Crippen molar-refractivity contribution in [2.75, 3.05) is 36.0 Å². The maximum Gasteiger partial charge on any atom is 0.419 e. The molecule has 2 aromatic carbocycles. The minimum atomic E-state index is -5.26. The smallest absolute Gasteiger partial charge is 0.419 e. The summed E-state index contributed by atoms with van der Waals surface area (Å²) in [6, 6.07) is 4.66. The number of nitrogens with zero attached hydrogens (tertiary/aromatic N) is 1. The van der Waals surface area contributed by atoms with E-state index in [2.05, 4.69) is 5.32 Å². The van der Waals surface area contributed by atoms with Crippen LogP contribution in [0.5, 0.6) is 5.75 Å². The highest BCUT2D eigenvalue weighted by Gasteiger charge is 2.59. The summed E-state index contributed by atoms with van der Waals surface area (Å²) >= 11 is 0. The third kappa shape index (κ3) is 8.71. The van der Waals surface area contributed by atoms with Crippen LogP contribution in [0.25, 0.3) is 0 Å². The van der Waals surface area contributed by atoms with E-state index in [1.54, 1.807) is 20.8 Å². The van der Waals surface area contributed by atoms with Crippen LogP contribution in [0, 0.1) is 11.2 Å². The van der Waals surface area contributed by atoms with Crippen LogP contribution in [0.1, 0.15) is 53.5 Å². The standard InChI is InChI=1S/C31H36F4N2O11S/c1-7-44-25(38)30(26(39)45-8-2,27(40)46-9-3)16-19-17-37(49(42,43)20-11-12-22(32)21(15-20)31(33,34)35)23-14-18(10-13-24(23)47-19)36-28(41)48-29(4,5)6/h10-15,19H,7-9,16-17H2,1-6H3,(H,36,41). The van der Waals surface area contributed by atoms with Gasteiger partial charge in [0.25, 0.3) is 15.4 Å². The molecular formula is C31H36F4N2O11S. The summed E-state index contributed by atoms with van der Waals surface area (Å²) < 4.78 is 110. The van der Waals surface area contributed by atoms with Gasteiger partial charge in [-0.15, -0.1) is 0 Å². The van der Waals surface area contributed by atoms with E-state index >= 15 is 0 Å². The number of fused-ring (bicyclic) bond motifs is 1. The summed E-state index contributed by atoms with van der Waals surface area (Å²) in [6.45, 7) is 7.34. The van der Waals surface area contributed by atoms with Crippen LogP contribution in [0.15, 0.2) is 41.3 Å². The topological polar surface area (TPSA) is 164 Å². The van der Waals surface area contributed by atoms with Gasteiger partial charge in [0.15, 0.2) is 0 Å². The van der Waals surface area contributed by atoms with Crippen molar-refractivity contribution in [3.63, 3.8) is 0 Å². The molecule has 0 fully saturated rings. The summed E-state index contributed by atoms with van der Waals surface area (Å²) in [5.41, 5.74) is -5.91. The first-order valence-electron chi connectivity index (χ1n) is 14.9. The number of ether oxygens (including phenoxy) is 5. The number of rotatable bonds is 11. The number of carbonyl (C=O) groups excluding carboxylic acids is 4. The number of hydrogen-bond acceptors (Lipinski definition) is 11. The monoisotopic (exact) mass is 720 g/mol. The third-order valence-electron chi connectivity index (χ3n) is 6.77. The van der Waals surface area contributed by atoms with E-state index in [1.165, 1.54) is 32.9 Å². The first-order valence-corrected chi connectivity index (χ1v) is 16.4. The van der Waals surface area contributed by atoms with Crippen molar-refractivity contribution in [2.24, 2.45) is 5.41 Å². The molecule has 1 atom stereocenters. The number of amides is 1. The highest BCUT2D eigenvalue weighted by atomic mass is 32.2. The molecule has 0 saturated carbocycles. The molecule has 0 radical (unpaired) electrons. The number of hydrogen-bond donors (Lipinski definition) is 1. The number of alkyl halides is 3. The average Bonchev–Trinajstić information content (AvgIpc) is 2.98. The molecule has 0 saturated heterocycles. The first kappa shape index (κ1) is 38.8. The molecule has 2 aromatic rings. The Morgan fingerprint density at radius 3 is 1.94 bits per heavy atom. The van der Waals surface area contributed by atoms with Gasteiger partial charge in [-0.3, -0.25) is 24.0 Å². The van der Waals surface area contributed by atoms with Crippen molar-refractivity contribution in [3.8, 4) is 5.75 Å². The number of benzene rings is 2. The Bertz CT molecular complexity index is 1650. The number of nitrogens with one attached hydrogen (secondary N) is 1. The quantitative estimate of drug-likeness (QED) is 0.140. The largest absolute Gasteiger partial charge is 0.486 e. The Hall–Kier alpha value is -4.61. The molecule has 1 heterocycles. The molecule has 1 aliphatic rings. The fourth-order valence-electron chi connectivity index (χ4n) is 4.76. The number of esters is 3. The Labute approximate surface area is 279 Å². The predicted octanol–water partition coefficient (Wildman–Crippen LogP) is 5.21. The van der Waals surface area contributed by atoms with Crippen LogP contribution in [-0.2, 0) is 49.5 Å². The Balaban J connectivity index is 2.22. The van der Waals surface area contributed by atoms with Crippen LogP contribution in [0.4, 0.5) is 33.7 Å². The second kappa shape index (κ2) is 14.9. The maximum atomic E-state index is 14.2. The summed E-state index contributed by atoms with van der Waals surface area (Å²) in [5, 5.41) is 2.41. The number of anilines is 2. The number of sulfonamides is 1. The van der Waals surface area contributed by atoms with E-state index in [-0.39, 0.29) is 43.0 Å². The molecule has 49 heavy (non-hydrogen) atoms. The number of halogens is 4. The lowest BCUT2D eigenvalue weighted by Crippen LogP contribution is -2.54. The first-order chi connectivity index (χ1) is 22.7. The van der Waals surface area contributed by atoms with Crippen molar-refractivity contribution in [1.29, 1.82) is 0 Å². The zero-order valence-corrected chi connectivity index (χ0v) is 28.3. The lowest BCUT2D eigenvalue weighted by Gasteiger charge is -2.38. The van der Waals surface area contributed by atoms with Gasteiger partial charge < -0.3 is 23.7 Å². The van der Waals surface area contributed by atoms with Crippen LogP contribution in [-0.4, -0.2) is 70.5 Å². The Morgan fingerprint density at radius 1 is 0.898 bits per heavy atom. The van der Waals surface area contributed by atoms with Crippen molar-refractivity contribution in [2.45, 2.75) is 70.7 Å². The van der Waals surface area contributed by atoms with E-state index in [9.17, 15) is 45.2 Å². The van der Waals surface area contributed by atoms with E-state index < -0.39 is 86.6 Å². The molecule has 1 N–H and O–H groups in total. The third-order valence-corrected chi connectivity index (χ3v) is 8.55. The minimum absolute atomic E-state index is 0.0238. The Morgan fingerprint density at radius 2 is 1.45 bits per heavy atom. The van der Waals surface area contributed by atoms with E-state index in [0.717, 1.165) is 6.07 Å². The van der Waals surface area contributed by atoms with E-state index in [4.69, 9.17) is 23.7 Å². The second-order valence-corrected chi connectivity index (χ2v) is 13.4. The fourth-order valence-corrected chi connectivity index (χ4v) is 6.28. The van der Waals surface area contributed by atoms with Gasteiger partial charge in [-0.1, -0.05) is 0 Å².